The van der Waals surface area contributed by atoms with Crippen molar-refractivity contribution in [1.82, 2.24) is 24.8 Å². The van der Waals surface area contributed by atoms with Crippen LogP contribution in [0.5, 0.6) is 0 Å². The Morgan fingerprint density at radius 2 is 2.09 bits per heavy atom. The number of nitrogens with zero attached hydrogens (tertiary/aromatic N) is 5. The molecule has 3 heterocycles. The number of benzene rings is 1. The van der Waals surface area contributed by atoms with Gasteiger partial charge in [0.2, 0.25) is 10.9 Å². The summed E-state index contributed by atoms with van der Waals surface area (Å²) >= 11 is 5.93. The summed E-state index contributed by atoms with van der Waals surface area (Å²) < 4.78 is 8.37. The maximum absolute atomic E-state index is 11.7. The van der Waals surface area contributed by atoms with E-state index < -0.39 is 0 Å². The van der Waals surface area contributed by atoms with Crippen molar-refractivity contribution >= 4 is 44.0 Å². The molecule has 0 spiro atoms. The molecule has 4 rings (SSSR count). The maximum Gasteiger partial charge on any atom is 0.284 e. The average molecular weight is 408 g/mol. The fourth-order valence-electron chi connectivity index (χ4n) is 1.84. The molecule has 0 aliphatic carbocycles. The summed E-state index contributed by atoms with van der Waals surface area (Å²) in [4.78, 5) is 16.3. The van der Waals surface area contributed by atoms with E-state index in [4.69, 9.17) is 4.42 Å². The Kier molecular flexibility index (Phi) is 3.71. The van der Waals surface area contributed by atoms with Crippen LogP contribution in [0.2, 0.25) is 0 Å². The Morgan fingerprint density at radius 1 is 1.22 bits per heavy atom. The topological polar surface area (TPSA) is 86.2 Å². The average Bonchev–Trinajstić information content (AvgIpc) is 3.16. The Labute approximate surface area is 145 Å². The van der Waals surface area contributed by atoms with Crippen LogP contribution in [0.25, 0.3) is 16.4 Å². The largest absolute Gasteiger partial charge is 0.411 e. The lowest BCUT2D eigenvalue weighted by molar-refractivity contribution is 0.465. The Bertz CT molecular complexity index is 1060. The molecule has 0 unspecified atom stereocenters. The van der Waals surface area contributed by atoms with E-state index in [1.165, 1.54) is 39.9 Å². The van der Waals surface area contributed by atoms with Crippen molar-refractivity contribution in [3.8, 4) is 11.5 Å². The molecule has 0 saturated carbocycles. The summed E-state index contributed by atoms with van der Waals surface area (Å²) in [5, 5.41) is 12.6. The van der Waals surface area contributed by atoms with E-state index in [2.05, 4.69) is 36.2 Å². The van der Waals surface area contributed by atoms with Gasteiger partial charge >= 0.3 is 0 Å². The molecule has 1 aromatic carbocycles. The first-order chi connectivity index (χ1) is 11.2. The van der Waals surface area contributed by atoms with Crippen LogP contribution < -0.4 is 5.56 Å². The predicted molar refractivity (Wildman–Crippen MR) is 88.7 cm³/mol. The Morgan fingerprint density at radius 3 is 2.91 bits per heavy atom. The molecular formula is C13H6BrN5O2S2. The highest BCUT2D eigenvalue weighted by atomic mass is 79.9. The second-order valence-electron chi connectivity index (χ2n) is 4.30. The molecule has 4 aromatic rings. The summed E-state index contributed by atoms with van der Waals surface area (Å²) in [7, 11) is 0. The van der Waals surface area contributed by atoms with Crippen LogP contribution in [0.3, 0.4) is 0 Å². The fourth-order valence-corrected chi connectivity index (χ4v) is 3.98. The molecule has 10 heteroatoms. The van der Waals surface area contributed by atoms with Crippen LogP contribution in [0.1, 0.15) is 0 Å². The molecule has 23 heavy (non-hydrogen) atoms. The van der Waals surface area contributed by atoms with E-state index in [9.17, 15) is 4.79 Å². The highest BCUT2D eigenvalue weighted by Crippen LogP contribution is 2.33. The highest BCUT2D eigenvalue weighted by molar-refractivity contribution is 9.10. The lowest BCUT2D eigenvalue weighted by atomic mass is 10.2. The minimum Gasteiger partial charge on any atom is -0.411 e. The summed E-state index contributed by atoms with van der Waals surface area (Å²) in [5.41, 5.74) is 0.589. The second-order valence-corrected chi connectivity index (χ2v) is 7.31. The Balaban J connectivity index is 1.66. The molecule has 0 atom stereocenters. The molecule has 0 saturated heterocycles. The summed E-state index contributed by atoms with van der Waals surface area (Å²) in [6.45, 7) is 0. The molecular weight excluding hydrogens is 402 g/mol. The van der Waals surface area contributed by atoms with Gasteiger partial charge < -0.3 is 4.42 Å². The van der Waals surface area contributed by atoms with Gasteiger partial charge in [-0.2, -0.15) is 4.52 Å². The van der Waals surface area contributed by atoms with Gasteiger partial charge in [-0.3, -0.25) is 4.79 Å². The van der Waals surface area contributed by atoms with E-state index in [1.54, 1.807) is 0 Å². The smallest absolute Gasteiger partial charge is 0.284 e. The van der Waals surface area contributed by atoms with Crippen molar-refractivity contribution < 1.29 is 4.42 Å². The van der Waals surface area contributed by atoms with Crippen LogP contribution >= 0.6 is 39.0 Å². The lowest BCUT2D eigenvalue weighted by Gasteiger charge is -1.96. The van der Waals surface area contributed by atoms with Crippen molar-refractivity contribution in [1.29, 1.82) is 0 Å². The minimum absolute atomic E-state index is 0.225. The maximum atomic E-state index is 11.7. The first kappa shape index (κ1) is 14.5. The van der Waals surface area contributed by atoms with E-state index in [0.29, 0.717) is 20.4 Å². The van der Waals surface area contributed by atoms with Gasteiger partial charge in [-0.25, -0.2) is 4.98 Å². The normalized spacial score (nSPS) is 11.2. The van der Waals surface area contributed by atoms with Gasteiger partial charge in [0, 0.05) is 28.5 Å². The zero-order valence-corrected chi connectivity index (χ0v) is 14.4. The van der Waals surface area contributed by atoms with Crippen molar-refractivity contribution in [3.63, 3.8) is 0 Å². The van der Waals surface area contributed by atoms with Crippen LogP contribution in [0.4, 0.5) is 0 Å². The van der Waals surface area contributed by atoms with Gasteiger partial charge in [0.05, 0.1) is 5.56 Å². The third kappa shape index (κ3) is 2.80. The van der Waals surface area contributed by atoms with Gasteiger partial charge in [-0.15, -0.1) is 15.3 Å². The first-order valence-electron chi connectivity index (χ1n) is 6.32. The van der Waals surface area contributed by atoms with E-state index in [1.807, 2.05) is 24.3 Å². The van der Waals surface area contributed by atoms with E-state index >= 15 is 0 Å². The van der Waals surface area contributed by atoms with Crippen LogP contribution in [0, 0.1) is 0 Å². The molecule has 0 amide bonds. The first-order valence-corrected chi connectivity index (χ1v) is 8.74. The Hall–Kier alpha value is -2.04. The molecule has 0 aliphatic rings. The third-order valence-corrected chi connectivity index (χ3v) is 5.34. The van der Waals surface area contributed by atoms with Crippen molar-refractivity contribution in [2.45, 2.75) is 9.56 Å². The number of hydrogen-bond donors (Lipinski definition) is 0. The minimum atomic E-state index is -0.225. The summed E-state index contributed by atoms with van der Waals surface area (Å²) in [5.74, 6) is 0.413. The van der Waals surface area contributed by atoms with Crippen LogP contribution in [-0.2, 0) is 0 Å². The predicted octanol–water partition coefficient (Wildman–Crippen LogP) is 3.11. The molecule has 0 radical (unpaired) electrons. The molecule has 0 fully saturated rings. The number of halogens is 1. The molecule has 0 aliphatic heterocycles. The quantitative estimate of drug-likeness (QED) is 0.515. The van der Waals surface area contributed by atoms with Gasteiger partial charge in [0.25, 0.3) is 10.8 Å². The highest BCUT2D eigenvalue weighted by Gasteiger charge is 2.15. The number of fused-ring (bicyclic) bond motifs is 1. The van der Waals surface area contributed by atoms with Gasteiger partial charge in [0.15, 0.2) is 4.34 Å². The molecule has 0 N–H and O–H groups in total. The van der Waals surface area contributed by atoms with Crippen LogP contribution in [0.15, 0.2) is 59.8 Å². The fraction of sp³-hybridized carbons (Fsp3) is 0. The zero-order valence-electron chi connectivity index (χ0n) is 11.2. The second kappa shape index (κ2) is 5.87. The molecule has 3 aromatic heterocycles. The number of rotatable bonds is 3. The van der Waals surface area contributed by atoms with E-state index in [-0.39, 0.29) is 5.56 Å². The molecule has 7 nitrogen and oxygen atoms in total. The lowest BCUT2D eigenvalue weighted by Crippen LogP contribution is -2.12. The van der Waals surface area contributed by atoms with E-state index in [0.717, 1.165) is 10.0 Å². The third-order valence-electron chi connectivity index (χ3n) is 2.84. The van der Waals surface area contributed by atoms with Gasteiger partial charge in [-0.05, 0) is 28.1 Å². The van der Waals surface area contributed by atoms with Gasteiger partial charge in [0.1, 0.15) is 0 Å². The standard InChI is InChI=1S/C13H6BrN5O2S2/c14-8-4-2-1-3-7(8)10-16-17-12(21-10)23-13-18-19-9(20)5-6-15-11(19)22-13/h1-6H. The van der Waals surface area contributed by atoms with Crippen molar-refractivity contribution in [2.75, 3.05) is 0 Å². The number of aromatic nitrogens is 5. The SMILES string of the molecule is O=c1ccnc2sc(Sc3nnc(-c4ccccc4Br)o3)nn12. The molecule has 0 bridgehead atoms. The molecule has 114 valence electrons. The van der Waals surface area contributed by atoms with Crippen molar-refractivity contribution in [2.24, 2.45) is 0 Å². The van der Waals surface area contributed by atoms with Crippen molar-refractivity contribution in [3.05, 3.63) is 51.4 Å². The summed E-state index contributed by atoms with van der Waals surface area (Å²) in [6, 6.07) is 8.94. The monoisotopic (exact) mass is 407 g/mol. The summed E-state index contributed by atoms with van der Waals surface area (Å²) in [6.07, 6.45) is 1.46. The van der Waals surface area contributed by atoms with Crippen LogP contribution in [-0.4, -0.2) is 24.8 Å². The number of hydrogen-bond acceptors (Lipinski definition) is 8. The zero-order chi connectivity index (χ0) is 15.8. The van der Waals surface area contributed by atoms with Gasteiger partial charge in [-0.1, -0.05) is 23.5 Å².